The Bertz CT molecular complexity index is 556. The maximum absolute atomic E-state index is 13.5. The highest BCUT2D eigenvalue weighted by Gasteiger charge is 2.05. The van der Waals surface area contributed by atoms with Gasteiger partial charge in [-0.2, -0.15) is 0 Å². The number of ether oxygens (including phenoxy) is 1. The summed E-state index contributed by atoms with van der Waals surface area (Å²) < 4.78 is 20.1. The maximum atomic E-state index is 13.5. The lowest BCUT2D eigenvalue weighted by Crippen LogP contribution is -2.17. The smallest absolute Gasteiger partial charge is 0.127 e. The number of halogens is 2. The van der Waals surface area contributed by atoms with Gasteiger partial charge in [0.25, 0.3) is 0 Å². The molecule has 1 heterocycles. The van der Waals surface area contributed by atoms with Gasteiger partial charge in [0.1, 0.15) is 18.2 Å². The van der Waals surface area contributed by atoms with Gasteiger partial charge >= 0.3 is 0 Å². The summed E-state index contributed by atoms with van der Waals surface area (Å²) in [5, 5.41) is 1.99. The molecule has 2 aromatic rings. The van der Waals surface area contributed by atoms with Gasteiger partial charge in [0.2, 0.25) is 0 Å². The van der Waals surface area contributed by atoms with Crippen molar-refractivity contribution in [1.82, 2.24) is 0 Å². The minimum Gasteiger partial charge on any atom is -0.488 e. The molecule has 2 rings (SSSR count). The molecule has 0 fully saturated rings. The summed E-state index contributed by atoms with van der Waals surface area (Å²) in [6.45, 7) is 2.34. The molecule has 5 heteroatoms. The van der Waals surface area contributed by atoms with E-state index in [0.717, 1.165) is 14.9 Å². The lowest BCUT2D eigenvalue weighted by molar-refractivity contribution is 0.307. The number of benzene rings is 1. The van der Waals surface area contributed by atoms with Crippen LogP contribution in [0.3, 0.4) is 0 Å². The Hall–Kier alpha value is -0.910. The number of nitrogens with two attached hydrogens (primary N) is 1. The molecule has 1 unspecified atom stereocenters. The van der Waals surface area contributed by atoms with Gasteiger partial charge in [0, 0.05) is 26.8 Å². The summed E-state index contributed by atoms with van der Waals surface area (Å²) in [6, 6.07) is 6.73. The highest BCUT2D eigenvalue weighted by Crippen LogP contribution is 2.23. The Morgan fingerprint density at radius 2 is 2.16 bits per heavy atom. The molecule has 102 valence electrons. The second-order valence-electron chi connectivity index (χ2n) is 4.50. The van der Waals surface area contributed by atoms with E-state index in [1.54, 1.807) is 11.3 Å². The van der Waals surface area contributed by atoms with Crippen LogP contribution >= 0.6 is 27.3 Å². The molecule has 2 N–H and O–H groups in total. The van der Waals surface area contributed by atoms with E-state index in [1.165, 1.54) is 12.1 Å². The van der Waals surface area contributed by atoms with E-state index in [4.69, 9.17) is 10.5 Å². The van der Waals surface area contributed by atoms with Crippen LogP contribution in [0.4, 0.5) is 4.39 Å². The zero-order valence-electron chi connectivity index (χ0n) is 10.5. The first-order chi connectivity index (χ1) is 9.02. The van der Waals surface area contributed by atoms with Crippen molar-refractivity contribution in [3.05, 3.63) is 50.4 Å². The van der Waals surface area contributed by atoms with Crippen molar-refractivity contribution in [1.29, 1.82) is 0 Å². The Labute approximate surface area is 124 Å². The number of rotatable bonds is 5. The molecule has 0 radical (unpaired) electrons. The van der Waals surface area contributed by atoms with E-state index in [2.05, 4.69) is 15.9 Å². The average Bonchev–Trinajstić information content (AvgIpc) is 2.71. The molecule has 0 bridgehead atoms. The maximum Gasteiger partial charge on any atom is 0.127 e. The highest BCUT2D eigenvalue weighted by atomic mass is 79.9. The minimum atomic E-state index is -0.291. The summed E-state index contributed by atoms with van der Waals surface area (Å²) in [6.07, 6.45) is 0.638. The van der Waals surface area contributed by atoms with Crippen molar-refractivity contribution in [3.8, 4) is 5.75 Å². The van der Waals surface area contributed by atoms with Gasteiger partial charge in [-0.25, -0.2) is 4.39 Å². The molecule has 1 aromatic heterocycles. The summed E-state index contributed by atoms with van der Waals surface area (Å²) in [5.74, 6) is 0.251. The first kappa shape index (κ1) is 14.5. The van der Waals surface area contributed by atoms with Gasteiger partial charge in [-0.1, -0.05) is 0 Å². The third-order valence-electron chi connectivity index (χ3n) is 2.49. The Balaban J connectivity index is 2.05. The summed E-state index contributed by atoms with van der Waals surface area (Å²) in [7, 11) is 0. The molecular weight excluding hydrogens is 329 g/mol. The van der Waals surface area contributed by atoms with Crippen LogP contribution in [0.15, 0.2) is 34.1 Å². The van der Waals surface area contributed by atoms with E-state index >= 15 is 0 Å². The van der Waals surface area contributed by atoms with E-state index in [0.29, 0.717) is 18.8 Å². The largest absolute Gasteiger partial charge is 0.488 e. The molecule has 2 nitrogen and oxygen atoms in total. The number of hydrogen-bond acceptors (Lipinski definition) is 3. The SMILES string of the molecule is CC(N)Cc1cc(F)cc(OCc2cc(Br)cs2)c1. The van der Waals surface area contributed by atoms with Crippen molar-refractivity contribution >= 4 is 27.3 Å². The van der Waals surface area contributed by atoms with Crippen LogP contribution in [-0.4, -0.2) is 6.04 Å². The van der Waals surface area contributed by atoms with E-state index in [9.17, 15) is 4.39 Å². The molecule has 0 aliphatic carbocycles. The molecule has 1 aromatic carbocycles. The van der Waals surface area contributed by atoms with Gasteiger partial charge < -0.3 is 10.5 Å². The standard InChI is InChI=1S/C14H15BrFNOS/c1-9(17)2-10-3-12(16)6-13(4-10)18-7-14-5-11(15)8-19-14/h3-6,8-9H,2,7,17H2,1H3. The van der Waals surface area contributed by atoms with Crippen molar-refractivity contribution < 1.29 is 9.13 Å². The van der Waals surface area contributed by atoms with E-state index in [-0.39, 0.29) is 11.9 Å². The lowest BCUT2D eigenvalue weighted by atomic mass is 10.1. The van der Waals surface area contributed by atoms with Crippen LogP contribution in [0.25, 0.3) is 0 Å². The lowest BCUT2D eigenvalue weighted by Gasteiger charge is -2.09. The van der Waals surface area contributed by atoms with Gasteiger partial charge in [0.05, 0.1) is 0 Å². The Kier molecular flexibility index (Phi) is 4.96. The predicted molar refractivity (Wildman–Crippen MR) is 80.1 cm³/mol. The van der Waals surface area contributed by atoms with Crippen LogP contribution in [-0.2, 0) is 13.0 Å². The molecule has 0 amide bonds. The van der Waals surface area contributed by atoms with E-state index < -0.39 is 0 Å². The number of hydrogen-bond donors (Lipinski definition) is 1. The van der Waals surface area contributed by atoms with Crippen molar-refractivity contribution in [2.75, 3.05) is 0 Å². The quantitative estimate of drug-likeness (QED) is 0.886. The topological polar surface area (TPSA) is 35.2 Å². The zero-order valence-corrected chi connectivity index (χ0v) is 12.9. The van der Waals surface area contributed by atoms with Gasteiger partial charge in [0.15, 0.2) is 0 Å². The second kappa shape index (κ2) is 6.50. The van der Waals surface area contributed by atoms with Crippen LogP contribution in [0.2, 0.25) is 0 Å². The predicted octanol–water partition coefficient (Wildman–Crippen LogP) is 4.12. The van der Waals surface area contributed by atoms with Crippen LogP contribution < -0.4 is 10.5 Å². The summed E-state index contributed by atoms with van der Waals surface area (Å²) in [5.41, 5.74) is 6.58. The van der Waals surface area contributed by atoms with Gasteiger partial charge in [-0.3, -0.25) is 0 Å². The minimum absolute atomic E-state index is 0.00269. The van der Waals surface area contributed by atoms with Crippen LogP contribution in [0, 0.1) is 5.82 Å². The third-order valence-corrected chi connectivity index (χ3v) is 4.16. The third kappa shape index (κ3) is 4.60. The van der Waals surface area contributed by atoms with Crippen molar-refractivity contribution in [2.24, 2.45) is 5.73 Å². The Morgan fingerprint density at radius 3 is 2.79 bits per heavy atom. The number of thiophene rings is 1. The summed E-state index contributed by atoms with van der Waals surface area (Å²) >= 11 is 4.99. The van der Waals surface area contributed by atoms with E-state index in [1.807, 2.05) is 24.4 Å². The fourth-order valence-electron chi connectivity index (χ4n) is 1.78. The van der Waals surface area contributed by atoms with Crippen LogP contribution in [0.5, 0.6) is 5.75 Å². The van der Waals surface area contributed by atoms with Gasteiger partial charge in [-0.15, -0.1) is 11.3 Å². The van der Waals surface area contributed by atoms with Gasteiger partial charge in [-0.05, 0) is 53.0 Å². The fourth-order valence-corrected chi connectivity index (χ4v) is 3.14. The molecule has 0 aliphatic heterocycles. The Morgan fingerprint density at radius 1 is 1.37 bits per heavy atom. The molecule has 1 atom stereocenters. The molecule has 0 saturated heterocycles. The monoisotopic (exact) mass is 343 g/mol. The summed E-state index contributed by atoms with van der Waals surface area (Å²) in [4.78, 5) is 1.09. The molecule has 0 spiro atoms. The molecular formula is C14H15BrFNOS. The first-order valence-electron chi connectivity index (χ1n) is 5.93. The van der Waals surface area contributed by atoms with Crippen molar-refractivity contribution in [2.45, 2.75) is 26.0 Å². The van der Waals surface area contributed by atoms with Crippen molar-refractivity contribution in [3.63, 3.8) is 0 Å². The van der Waals surface area contributed by atoms with Crippen LogP contribution in [0.1, 0.15) is 17.4 Å². The average molecular weight is 344 g/mol. The molecule has 0 aliphatic rings. The molecule has 0 saturated carbocycles. The molecule has 19 heavy (non-hydrogen) atoms. The zero-order chi connectivity index (χ0) is 13.8. The fraction of sp³-hybridized carbons (Fsp3) is 0.286. The normalized spacial score (nSPS) is 12.4. The second-order valence-corrected chi connectivity index (χ2v) is 6.41. The first-order valence-corrected chi connectivity index (χ1v) is 7.61. The highest BCUT2D eigenvalue weighted by molar-refractivity contribution is 9.10.